The first kappa shape index (κ1) is 12.5. The van der Waals surface area contributed by atoms with Gasteiger partial charge in [0.25, 0.3) is 0 Å². The quantitative estimate of drug-likeness (QED) is 0.483. The Bertz CT molecular complexity index is 595. The van der Waals surface area contributed by atoms with Crippen LogP contribution < -0.4 is 0 Å². The molecule has 0 aliphatic carbocycles. The van der Waals surface area contributed by atoms with Crippen molar-refractivity contribution in [3.63, 3.8) is 0 Å². The van der Waals surface area contributed by atoms with E-state index in [-0.39, 0.29) is 5.78 Å². The average molecular weight is 263 g/mol. The molecule has 4 nitrogen and oxygen atoms in total. The predicted molar refractivity (Wildman–Crippen MR) is 66.7 cm³/mol. The molecular formula is C12H10FN3OS. The fourth-order valence-electron chi connectivity index (χ4n) is 1.27. The molecule has 2 aromatic rings. The normalized spacial score (nSPS) is 11.0. The Morgan fingerprint density at radius 2 is 2.33 bits per heavy atom. The van der Waals surface area contributed by atoms with E-state index in [9.17, 15) is 9.18 Å². The summed E-state index contributed by atoms with van der Waals surface area (Å²) in [5.74, 6) is -0.667. The van der Waals surface area contributed by atoms with E-state index in [1.165, 1.54) is 36.0 Å². The minimum atomic E-state index is -0.421. The van der Waals surface area contributed by atoms with Gasteiger partial charge in [-0.15, -0.1) is 10.2 Å². The summed E-state index contributed by atoms with van der Waals surface area (Å²) < 4.78 is 14.7. The van der Waals surface area contributed by atoms with Gasteiger partial charge in [-0.1, -0.05) is 23.9 Å². The molecule has 0 aliphatic heterocycles. The molecule has 0 saturated heterocycles. The van der Waals surface area contributed by atoms with Crippen LogP contribution in [0.15, 0.2) is 47.2 Å². The van der Waals surface area contributed by atoms with Crippen LogP contribution in [0.5, 0.6) is 0 Å². The first-order valence-corrected chi connectivity index (χ1v) is 6.02. The summed E-state index contributed by atoms with van der Waals surface area (Å²) in [6.07, 6.45) is 2.96. The minimum absolute atomic E-state index is 0.246. The highest BCUT2D eigenvalue weighted by Gasteiger charge is 2.03. The highest BCUT2D eigenvalue weighted by atomic mass is 32.2. The highest BCUT2D eigenvalue weighted by Crippen LogP contribution is 2.15. The number of halogens is 1. The first-order chi connectivity index (χ1) is 8.66. The zero-order valence-electron chi connectivity index (χ0n) is 9.58. The van der Waals surface area contributed by atoms with E-state index in [4.69, 9.17) is 0 Å². The number of ketones is 1. The number of aromatic nitrogens is 3. The third kappa shape index (κ3) is 3.04. The third-order valence-electron chi connectivity index (χ3n) is 2.17. The number of hydrogen-bond donors (Lipinski definition) is 0. The van der Waals surface area contributed by atoms with E-state index in [0.717, 1.165) is 0 Å². The smallest absolute Gasteiger partial charge is 0.194 e. The Morgan fingerprint density at radius 3 is 3.00 bits per heavy atom. The van der Waals surface area contributed by atoms with E-state index in [1.807, 2.05) is 7.05 Å². The number of carbonyl (C=O) groups excluding carboxylic acids is 1. The summed E-state index contributed by atoms with van der Waals surface area (Å²) >= 11 is 1.28. The highest BCUT2D eigenvalue weighted by molar-refractivity contribution is 8.02. The summed E-state index contributed by atoms with van der Waals surface area (Å²) in [4.78, 5) is 11.7. The molecule has 0 amide bonds. The van der Waals surface area contributed by atoms with Gasteiger partial charge in [-0.25, -0.2) is 4.39 Å². The first-order valence-electron chi connectivity index (χ1n) is 5.14. The van der Waals surface area contributed by atoms with E-state index >= 15 is 0 Å². The lowest BCUT2D eigenvalue weighted by molar-refractivity contribution is 0.104. The number of carbonyl (C=O) groups is 1. The van der Waals surface area contributed by atoms with Gasteiger partial charge in [0.15, 0.2) is 10.9 Å². The second kappa shape index (κ2) is 5.59. The number of nitrogens with zero attached hydrogens (tertiary/aromatic N) is 3. The molecular weight excluding hydrogens is 253 g/mol. The molecule has 0 bridgehead atoms. The molecule has 0 saturated carbocycles. The van der Waals surface area contributed by atoms with Crippen LogP contribution >= 0.6 is 11.8 Å². The number of rotatable bonds is 4. The summed E-state index contributed by atoms with van der Waals surface area (Å²) in [7, 11) is 1.81. The number of hydrogen-bond acceptors (Lipinski definition) is 4. The third-order valence-corrected chi connectivity index (χ3v) is 3.02. The molecule has 0 unspecified atom stereocenters. The van der Waals surface area contributed by atoms with Crippen LogP contribution in [0.2, 0.25) is 0 Å². The predicted octanol–water partition coefficient (Wildman–Crippen LogP) is 2.44. The number of allylic oxidation sites excluding steroid dienone is 1. The lowest BCUT2D eigenvalue weighted by atomic mass is 10.1. The monoisotopic (exact) mass is 263 g/mol. The fourth-order valence-corrected chi connectivity index (χ4v) is 1.89. The van der Waals surface area contributed by atoms with Gasteiger partial charge in [0.05, 0.1) is 0 Å². The van der Waals surface area contributed by atoms with Gasteiger partial charge in [-0.05, 0) is 23.6 Å². The van der Waals surface area contributed by atoms with Crippen LogP contribution in [0.1, 0.15) is 10.4 Å². The SMILES string of the molecule is Cn1cnnc1S/C=C/C(=O)c1cccc(F)c1. The molecule has 1 heterocycles. The van der Waals surface area contributed by atoms with Gasteiger partial charge in [-0.3, -0.25) is 4.79 Å². The van der Waals surface area contributed by atoms with Gasteiger partial charge in [-0.2, -0.15) is 0 Å². The minimum Gasteiger partial charge on any atom is -0.312 e. The molecule has 0 aliphatic rings. The standard InChI is InChI=1S/C12H10FN3OS/c1-16-8-14-15-12(16)18-6-5-11(17)9-3-2-4-10(13)7-9/h2-8H,1H3/b6-5+. The number of thioether (sulfide) groups is 1. The molecule has 0 fully saturated rings. The molecule has 2 rings (SSSR count). The maximum Gasteiger partial charge on any atom is 0.194 e. The van der Waals surface area contributed by atoms with Crippen LogP contribution in [0.25, 0.3) is 0 Å². The van der Waals surface area contributed by atoms with Crippen molar-refractivity contribution in [1.29, 1.82) is 0 Å². The Hall–Kier alpha value is -1.95. The Balaban J connectivity index is 2.02. The van der Waals surface area contributed by atoms with Gasteiger partial charge in [0, 0.05) is 12.6 Å². The average Bonchev–Trinajstić information content (AvgIpc) is 2.75. The van der Waals surface area contributed by atoms with Crippen molar-refractivity contribution < 1.29 is 9.18 Å². The summed E-state index contributed by atoms with van der Waals surface area (Å²) in [6, 6.07) is 5.59. The molecule has 0 N–H and O–H groups in total. The van der Waals surface area contributed by atoms with Crippen LogP contribution in [0.4, 0.5) is 4.39 Å². The van der Waals surface area contributed by atoms with Crippen molar-refractivity contribution in [2.45, 2.75) is 5.16 Å². The van der Waals surface area contributed by atoms with E-state index in [2.05, 4.69) is 10.2 Å². The Morgan fingerprint density at radius 1 is 1.50 bits per heavy atom. The topological polar surface area (TPSA) is 47.8 Å². The molecule has 0 spiro atoms. The van der Waals surface area contributed by atoms with Crippen molar-refractivity contribution >= 4 is 17.5 Å². The fraction of sp³-hybridized carbons (Fsp3) is 0.0833. The van der Waals surface area contributed by atoms with Gasteiger partial charge < -0.3 is 4.57 Å². The largest absolute Gasteiger partial charge is 0.312 e. The molecule has 0 atom stereocenters. The maximum absolute atomic E-state index is 12.9. The summed E-state index contributed by atoms with van der Waals surface area (Å²) in [6.45, 7) is 0. The van der Waals surface area contributed by atoms with E-state index < -0.39 is 5.82 Å². The summed E-state index contributed by atoms with van der Waals surface area (Å²) in [5, 5.41) is 9.85. The zero-order valence-corrected chi connectivity index (χ0v) is 10.4. The van der Waals surface area contributed by atoms with Gasteiger partial charge in [0.1, 0.15) is 12.1 Å². The lowest BCUT2D eigenvalue weighted by Crippen LogP contribution is -1.94. The van der Waals surface area contributed by atoms with Gasteiger partial charge in [0.2, 0.25) is 0 Å². The Kier molecular flexibility index (Phi) is 3.88. The van der Waals surface area contributed by atoms with Crippen molar-refractivity contribution in [2.24, 2.45) is 7.05 Å². The second-order valence-electron chi connectivity index (χ2n) is 3.52. The molecule has 18 heavy (non-hydrogen) atoms. The van der Waals surface area contributed by atoms with E-state index in [1.54, 1.807) is 22.4 Å². The van der Waals surface area contributed by atoms with Crippen molar-refractivity contribution in [1.82, 2.24) is 14.8 Å². The number of aryl methyl sites for hydroxylation is 1. The molecule has 92 valence electrons. The van der Waals surface area contributed by atoms with Crippen molar-refractivity contribution in [3.8, 4) is 0 Å². The van der Waals surface area contributed by atoms with Crippen LogP contribution in [-0.2, 0) is 7.05 Å². The molecule has 1 aromatic carbocycles. The number of benzene rings is 1. The van der Waals surface area contributed by atoms with Crippen LogP contribution in [-0.4, -0.2) is 20.5 Å². The van der Waals surface area contributed by atoms with Crippen molar-refractivity contribution in [3.05, 3.63) is 53.5 Å². The van der Waals surface area contributed by atoms with Crippen molar-refractivity contribution in [2.75, 3.05) is 0 Å². The molecule has 0 radical (unpaired) electrons. The Labute approximate surface area is 108 Å². The second-order valence-corrected chi connectivity index (χ2v) is 4.39. The molecule has 1 aromatic heterocycles. The molecule has 6 heteroatoms. The lowest BCUT2D eigenvalue weighted by Gasteiger charge is -1.96. The summed E-state index contributed by atoms with van der Waals surface area (Å²) in [5.41, 5.74) is 0.324. The maximum atomic E-state index is 12.9. The van der Waals surface area contributed by atoms with E-state index in [0.29, 0.717) is 10.7 Å². The van der Waals surface area contributed by atoms with Crippen LogP contribution in [0, 0.1) is 5.82 Å². The zero-order chi connectivity index (χ0) is 13.0. The van der Waals surface area contributed by atoms with Gasteiger partial charge >= 0.3 is 0 Å². The van der Waals surface area contributed by atoms with Crippen LogP contribution in [0.3, 0.4) is 0 Å².